The molecule has 1 saturated heterocycles. The normalized spacial score (nSPS) is 18.2. The molecule has 1 aliphatic rings. The van der Waals surface area contributed by atoms with Gasteiger partial charge in [-0.2, -0.15) is 0 Å². The Morgan fingerprint density at radius 1 is 1.29 bits per heavy atom. The van der Waals surface area contributed by atoms with Crippen LogP contribution in [0.15, 0.2) is 0 Å². The molecule has 0 unspecified atom stereocenters. The molecule has 1 N–H and O–H groups in total. The fourth-order valence-electron chi connectivity index (χ4n) is 1.45. The summed E-state index contributed by atoms with van der Waals surface area (Å²) in [6.45, 7) is 3.22. The molecule has 0 aromatic heterocycles. The Morgan fingerprint density at radius 2 is 2.00 bits per heavy atom. The van der Waals surface area contributed by atoms with E-state index in [9.17, 15) is 5.11 Å². The first-order chi connectivity index (χ1) is 6.86. The van der Waals surface area contributed by atoms with Crippen molar-refractivity contribution in [2.45, 2.75) is 12.7 Å². The maximum atomic E-state index is 10.3. The number of aliphatic hydroxyl groups excluding tert-OH is 1. The summed E-state index contributed by atoms with van der Waals surface area (Å²) in [4.78, 5) is 1.99. The zero-order valence-electron chi connectivity index (χ0n) is 8.35. The van der Waals surface area contributed by atoms with Crippen LogP contribution in [0.5, 0.6) is 0 Å². The predicted octanol–water partition coefficient (Wildman–Crippen LogP) is -0.526. The summed E-state index contributed by atoms with van der Waals surface area (Å²) in [5.41, 5.74) is 0. The highest BCUT2D eigenvalue weighted by Gasteiger charge is 2.19. The first-order valence-corrected chi connectivity index (χ1v) is 5.01. The van der Waals surface area contributed by atoms with Crippen LogP contribution in [0.25, 0.3) is 0 Å². The largest absolute Gasteiger partial charge is 0.395 e. The molecule has 1 radical (unpaired) electrons. The second-order valence-electron chi connectivity index (χ2n) is 3.25. The van der Waals surface area contributed by atoms with Gasteiger partial charge in [-0.15, -0.1) is 0 Å². The number of aliphatic hydroxyl groups is 1. The minimum absolute atomic E-state index is 0.0751. The standard InChI is InChI=1S/C9H18NO4/c11-4-1-2-10(3-5-12)8-9-13-6-7-14-9/h9,12H,1-8H2. The summed E-state index contributed by atoms with van der Waals surface area (Å²) in [7, 11) is 0. The smallest absolute Gasteiger partial charge is 0.170 e. The summed E-state index contributed by atoms with van der Waals surface area (Å²) >= 11 is 0. The summed E-state index contributed by atoms with van der Waals surface area (Å²) < 4.78 is 10.6. The van der Waals surface area contributed by atoms with Crippen LogP contribution in [-0.2, 0) is 14.6 Å². The van der Waals surface area contributed by atoms with Gasteiger partial charge in [0.15, 0.2) is 6.29 Å². The molecule has 0 bridgehead atoms. The fourth-order valence-corrected chi connectivity index (χ4v) is 1.45. The van der Waals surface area contributed by atoms with Gasteiger partial charge in [-0.3, -0.25) is 4.90 Å². The molecule has 1 aliphatic heterocycles. The van der Waals surface area contributed by atoms with Gasteiger partial charge >= 0.3 is 0 Å². The molecule has 5 heteroatoms. The number of nitrogens with zero attached hydrogens (tertiary/aromatic N) is 1. The molecule has 0 aromatic rings. The van der Waals surface area contributed by atoms with E-state index < -0.39 is 0 Å². The Balaban J connectivity index is 2.18. The molecule has 1 rings (SSSR count). The van der Waals surface area contributed by atoms with E-state index in [4.69, 9.17) is 14.6 Å². The summed E-state index contributed by atoms with van der Waals surface area (Å²) in [5, 5.41) is 19.1. The third kappa shape index (κ3) is 4.34. The van der Waals surface area contributed by atoms with Gasteiger partial charge in [0.25, 0.3) is 0 Å². The topological polar surface area (TPSA) is 61.8 Å². The maximum Gasteiger partial charge on any atom is 0.170 e. The quantitative estimate of drug-likeness (QED) is 0.606. The Bertz CT molecular complexity index is 139. The monoisotopic (exact) mass is 204 g/mol. The summed E-state index contributed by atoms with van der Waals surface area (Å²) in [6, 6.07) is 0. The lowest BCUT2D eigenvalue weighted by Crippen LogP contribution is -2.36. The predicted molar refractivity (Wildman–Crippen MR) is 49.4 cm³/mol. The minimum atomic E-state index is -0.187. The highest BCUT2D eigenvalue weighted by atomic mass is 16.7. The zero-order valence-corrected chi connectivity index (χ0v) is 8.35. The third-order valence-corrected chi connectivity index (χ3v) is 2.13. The number of rotatable bonds is 7. The highest BCUT2D eigenvalue weighted by molar-refractivity contribution is 4.62. The van der Waals surface area contributed by atoms with Crippen molar-refractivity contribution >= 4 is 0 Å². The van der Waals surface area contributed by atoms with Gasteiger partial charge in [-0.05, 0) is 6.42 Å². The summed E-state index contributed by atoms with van der Waals surface area (Å²) in [5.74, 6) is 0. The van der Waals surface area contributed by atoms with E-state index in [2.05, 4.69) is 0 Å². The lowest BCUT2D eigenvalue weighted by Gasteiger charge is -2.23. The van der Waals surface area contributed by atoms with Gasteiger partial charge in [0.1, 0.15) is 0 Å². The molecule has 0 atom stereocenters. The van der Waals surface area contributed by atoms with Crippen LogP contribution in [-0.4, -0.2) is 62.4 Å². The molecule has 1 fully saturated rings. The first kappa shape index (κ1) is 11.9. The fraction of sp³-hybridized carbons (Fsp3) is 1.00. The second kappa shape index (κ2) is 7.14. The molecule has 0 aliphatic carbocycles. The Labute approximate surface area is 84.2 Å². The second-order valence-corrected chi connectivity index (χ2v) is 3.25. The SMILES string of the molecule is [O]CCCN(CCO)CC1OCCO1. The van der Waals surface area contributed by atoms with E-state index in [1.54, 1.807) is 0 Å². The van der Waals surface area contributed by atoms with E-state index in [1.165, 1.54) is 0 Å². The molecule has 14 heavy (non-hydrogen) atoms. The Morgan fingerprint density at radius 3 is 2.57 bits per heavy atom. The minimum Gasteiger partial charge on any atom is -0.395 e. The van der Waals surface area contributed by atoms with Crippen molar-refractivity contribution in [3.63, 3.8) is 0 Å². The average Bonchev–Trinajstić information content (AvgIpc) is 2.67. The number of ether oxygens (including phenoxy) is 2. The molecule has 0 saturated carbocycles. The lowest BCUT2D eigenvalue weighted by atomic mass is 10.3. The first-order valence-electron chi connectivity index (χ1n) is 5.01. The van der Waals surface area contributed by atoms with Crippen LogP contribution in [0.2, 0.25) is 0 Å². The number of hydrogen-bond acceptors (Lipinski definition) is 4. The van der Waals surface area contributed by atoms with Crippen LogP contribution in [0.3, 0.4) is 0 Å². The van der Waals surface area contributed by atoms with Gasteiger partial charge in [-0.25, -0.2) is 5.11 Å². The van der Waals surface area contributed by atoms with Crippen molar-refractivity contribution in [2.24, 2.45) is 0 Å². The average molecular weight is 204 g/mol. The van der Waals surface area contributed by atoms with E-state index in [0.29, 0.717) is 39.3 Å². The van der Waals surface area contributed by atoms with Crippen molar-refractivity contribution in [2.75, 3.05) is 46.1 Å². The van der Waals surface area contributed by atoms with Crippen molar-refractivity contribution in [3.8, 4) is 0 Å². The van der Waals surface area contributed by atoms with E-state index >= 15 is 0 Å². The van der Waals surface area contributed by atoms with Crippen molar-refractivity contribution in [1.29, 1.82) is 0 Å². The van der Waals surface area contributed by atoms with Gasteiger partial charge < -0.3 is 14.6 Å². The summed E-state index contributed by atoms with van der Waals surface area (Å²) in [6.07, 6.45) is 0.417. The van der Waals surface area contributed by atoms with Crippen LogP contribution in [0.1, 0.15) is 6.42 Å². The molecule has 0 aromatic carbocycles. The Kier molecular flexibility index (Phi) is 6.05. The zero-order chi connectivity index (χ0) is 10.2. The van der Waals surface area contributed by atoms with E-state index in [0.717, 1.165) is 0 Å². The Hall–Kier alpha value is -0.200. The molecule has 1 heterocycles. The molecule has 0 spiro atoms. The molecular weight excluding hydrogens is 186 g/mol. The van der Waals surface area contributed by atoms with Gasteiger partial charge in [0.05, 0.1) is 26.4 Å². The van der Waals surface area contributed by atoms with Crippen molar-refractivity contribution in [1.82, 2.24) is 4.90 Å². The maximum absolute atomic E-state index is 10.3. The lowest BCUT2D eigenvalue weighted by molar-refractivity contribution is -0.0641. The molecule has 0 amide bonds. The molecule has 83 valence electrons. The highest BCUT2D eigenvalue weighted by Crippen LogP contribution is 2.06. The van der Waals surface area contributed by atoms with Crippen LogP contribution in [0.4, 0.5) is 0 Å². The van der Waals surface area contributed by atoms with Crippen LogP contribution < -0.4 is 0 Å². The molecule has 5 nitrogen and oxygen atoms in total. The number of hydrogen-bond donors (Lipinski definition) is 1. The van der Waals surface area contributed by atoms with E-state index in [-0.39, 0.29) is 19.5 Å². The van der Waals surface area contributed by atoms with Crippen LogP contribution in [0, 0.1) is 0 Å². The van der Waals surface area contributed by atoms with E-state index in [1.807, 2.05) is 4.90 Å². The van der Waals surface area contributed by atoms with Crippen molar-refractivity contribution in [3.05, 3.63) is 0 Å². The molecular formula is C9H18NO4. The third-order valence-electron chi connectivity index (χ3n) is 2.13. The van der Waals surface area contributed by atoms with Gasteiger partial charge in [0.2, 0.25) is 0 Å². The van der Waals surface area contributed by atoms with Crippen LogP contribution >= 0.6 is 0 Å². The van der Waals surface area contributed by atoms with Gasteiger partial charge in [-0.1, -0.05) is 0 Å². The van der Waals surface area contributed by atoms with Crippen molar-refractivity contribution < 1.29 is 19.7 Å². The van der Waals surface area contributed by atoms with Gasteiger partial charge in [0, 0.05) is 19.6 Å².